The van der Waals surface area contributed by atoms with Crippen LogP contribution in [0.4, 0.5) is 11.4 Å². The molecule has 5 heteroatoms. The second kappa shape index (κ2) is 6.82. The highest BCUT2D eigenvalue weighted by atomic mass is 35.5. The zero-order chi connectivity index (χ0) is 15.5. The van der Waals surface area contributed by atoms with Gasteiger partial charge in [-0.05, 0) is 36.8 Å². The number of nitrogens with two attached hydrogens (primary N) is 1. The summed E-state index contributed by atoms with van der Waals surface area (Å²) in [5.41, 5.74) is 11.1. The molecule has 0 atom stereocenters. The predicted octanol–water partition coefficient (Wildman–Crippen LogP) is 5.00. The molecule has 2 aromatic carbocycles. The van der Waals surface area contributed by atoms with Gasteiger partial charge in [-0.15, -0.1) is 11.8 Å². The van der Waals surface area contributed by atoms with Crippen LogP contribution in [-0.2, 0) is 0 Å². The van der Waals surface area contributed by atoms with Crippen LogP contribution in [0, 0.1) is 11.4 Å². The third-order valence-corrected chi connectivity index (χ3v) is 5.20. The number of rotatable bonds is 6. The van der Waals surface area contributed by atoms with Crippen molar-refractivity contribution in [3.05, 3.63) is 41.4 Å². The van der Waals surface area contributed by atoms with Gasteiger partial charge >= 0.3 is 0 Å². The monoisotopic (exact) mass is 332 g/mol. The first-order valence-electron chi connectivity index (χ1n) is 7.41. The Morgan fingerprint density at radius 1 is 1.23 bits per heavy atom. The summed E-state index contributed by atoms with van der Waals surface area (Å²) >= 11 is 8.26. The van der Waals surface area contributed by atoms with Gasteiger partial charge in [0, 0.05) is 22.4 Å². The molecule has 0 bridgehead atoms. The molecule has 0 unspecified atom stereocenters. The smallest absolute Gasteiger partial charge is 0.165 e. The number of benzene rings is 2. The SMILES string of the molecule is CSc1ccccc1-c1ccc([NH2+]CC2CC2)c(N=N)c1Cl. The minimum absolute atomic E-state index is 0.570. The first kappa shape index (κ1) is 15.5. The number of hydrogen-bond donors (Lipinski definition) is 2. The number of halogens is 1. The van der Waals surface area contributed by atoms with Crippen molar-refractivity contribution in [3.8, 4) is 11.1 Å². The fourth-order valence-electron chi connectivity index (χ4n) is 2.58. The first-order chi connectivity index (χ1) is 10.7. The van der Waals surface area contributed by atoms with Gasteiger partial charge in [0.05, 0.1) is 11.6 Å². The van der Waals surface area contributed by atoms with Crippen molar-refractivity contribution in [1.82, 2.24) is 0 Å². The molecule has 0 radical (unpaired) electrons. The van der Waals surface area contributed by atoms with Crippen LogP contribution in [0.15, 0.2) is 46.4 Å². The number of hydrogen-bond acceptors (Lipinski definition) is 3. The van der Waals surface area contributed by atoms with E-state index in [9.17, 15) is 0 Å². The average Bonchev–Trinajstić information content (AvgIpc) is 3.37. The molecule has 22 heavy (non-hydrogen) atoms. The molecule has 1 aliphatic carbocycles. The van der Waals surface area contributed by atoms with Gasteiger partial charge in [0.15, 0.2) is 11.4 Å². The highest BCUT2D eigenvalue weighted by molar-refractivity contribution is 7.98. The molecule has 3 nitrogen and oxygen atoms in total. The molecule has 1 saturated carbocycles. The van der Waals surface area contributed by atoms with Gasteiger partial charge < -0.3 is 5.32 Å². The van der Waals surface area contributed by atoms with Gasteiger partial charge in [-0.25, -0.2) is 5.53 Å². The van der Waals surface area contributed by atoms with Crippen LogP contribution in [-0.4, -0.2) is 12.8 Å². The molecule has 3 rings (SSSR count). The summed E-state index contributed by atoms with van der Waals surface area (Å²) in [5, 5.41) is 6.43. The lowest BCUT2D eigenvalue weighted by Gasteiger charge is -2.12. The minimum Gasteiger partial charge on any atom is -0.312 e. The van der Waals surface area contributed by atoms with Crippen molar-refractivity contribution in [2.75, 3.05) is 12.8 Å². The molecule has 0 saturated heterocycles. The van der Waals surface area contributed by atoms with Gasteiger partial charge in [-0.1, -0.05) is 29.8 Å². The highest BCUT2D eigenvalue weighted by Crippen LogP contribution is 2.41. The lowest BCUT2D eigenvalue weighted by Crippen LogP contribution is -2.78. The van der Waals surface area contributed by atoms with E-state index in [4.69, 9.17) is 17.1 Å². The number of quaternary nitrogens is 1. The summed E-state index contributed by atoms with van der Waals surface area (Å²) in [6.07, 6.45) is 4.69. The van der Waals surface area contributed by atoms with Crippen molar-refractivity contribution in [1.29, 1.82) is 5.53 Å². The maximum Gasteiger partial charge on any atom is 0.165 e. The first-order valence-corrected chi connectivity index (χ1v) is 9.01. The van der Waals surface area contributed by atoms with E-state index < -0.39 is 0 Å². The Labute approximate surface area is 140 Å². The maximum absolute atomic E-state index is 7.50. The second-order valence-corrected chi connectivity index (χ2v) is 6.79. The average molecular weight is 333 g/mol. The molecule has 0 amide bonds. The molecule has 1 fully saturated rings. The van der Waals surface area contributed by atoms with E-state index in [0.717, 1.165) is 29.3 Å². The quantitative estimate of drug-likeness (QED) is 0.436. The molecule has 114 valence electrons. The molecule has 0 spiro atoms. The van der Waals surface area contributed by atoms with Crippen molar-refractivity contribution >= 4 is 34.7 Å². The molecule has 0 heterocycles. The van der Waals surface area contributed by atoms with Crippen LogP contribution in [0.3, 0.4) is 0 Å². The second-order valence-electron chi connectivity index (χ2n) is 5.56. The van der Waals surface area contributed by atoms with E-state index in [1.165, 1.54) is 17.7 Å². The molecule has 0 aromatic heterocycles. The van der Waals surface area contributed by atoms with Crippen LogP contribution >= 0.6 is 23.4 Å². The van der Waals surface area contributed by atoms with Crippen molar-refractivity contribution in [2.45, 2.75) is 17.7 Å². The Bertz CT molecular complexity index is 698. The Balaban J connectivity index is 2.00. The lowest BCUT2D eigenvalue weighted by atomic mass is 10.0. The van der Waals surface area contributed by atoms with E-state index in [1.54, 1.807) is 11.8 Å². The topological polar surface area (TPSA) is 52.8 Å². The van der Waals surface area contributed by atoms with Crippen LogP contribution in [0.25, 0.3) is 11.1 Å². The Morgan fingerprint density at radius 2 is 2.00 bits per heavy atom. The third-order valence-electron chi connectivity index (χ3n) is 4.02. The standard InChI is InChI=1S/C17H18ClN3S/c1-22-15-5-3-2-4-12(15)13-8-9-14(17(21-19)16(13)18)20-10-11-6-7-11/h2-5,8-9,11,19-20H,6-7,10H2,1H3/p+1. The van der Waals surface area contributed by atoms with E-state index in [-0.39, 0.29) is 0 Å². The van der Waals surface area contributed by atoms with Gasteiger partial charge in [-0.3, -0.25) is 0 Å². The van der Waals surface area contributed by atoms with Crippen molar-refractivity contribution in [2.24, 2.45) is 11.0 Å². The predicted molar refractivity (Wildman–Crippen MR) is 92.7 cm³/mol. The highest BCUT2D eigenvalue weighted by Gasteiger charge is 2.25. The zero-order valence-electron chi connectivity index (χ0n) is 12.5. The molecule has 1 aliphatic rings. The molecular formula is C17H19ClN3S+. The van der Waals surface area contributed by atoms with E-state index in [2.05, 4.69) is 28.8 Å². The molecular weight excluding hydrogens is 314 g/mol. The Morgan fingerprint density at radius 3 is 2.68 bits per heavy atom. The fraction of sp³-hybridized carbons (Fsp3) is 0.294. The van der Waals surface area contributed by atoms with Crippen LogP contribution in [0.2, 0.25) is 5.02 Å². The Hall–Kier alpha value is -1.36. The third kappa shape index (κ3) is 3.19. The maximum atomic E-state index is 7.50. The number of thioether (sulfide) groups is 1. The number of nitrogens with one attached hydrogen (secondary N) is 1. The normalized spacial score (nSPS) is 14.1. The summed E-state index contributed by atoms with van der Waals surface area (Å²) in [7, 11) is 0. The van der Waals surface area contributed by atoms with E-state index >= 15 is 0 Å². The van der Waals surface area contributed by atoms with Gasteiger partial charge in [-0.2, -0.15) is 5.11 Å². The van der Waals surface area contributed by atoms with Crippen LogP contribution < -0.4 is 5.32 Å². The molecule has 0 aliphatic heterocycles. The van der Waals surface area contributed by atoms with Crippen molar-refractivity contribution in [3.63, 3.8) is 0 Å². The van der Waals surface area contributed by atoms with Crippen LogP contribution in [0.5, 0.6) is 0 Å². The summed E-state index contributed by atoms with van der Waals surface area (Å²) in [4.78, 5) is 1.18. The molecule has 2 aromatic rings. The van der Waals surface area contributed by atoms with Gasteiger partial charge in [0.2, 0.25) is 0 Å². The summed E-state index contributed by atoms with van der Waals surface area (Å²) in [6, 6.07) is 12.3. The lowest BCUT2D eigenvalue weighted by molar-refractivity contribution is -0.574. The van der Waals surface area contributed by atoms with Crippen molar-refractivity contribution < 1.29 is 5.32 Å². The molecule has 3 N–H and O–H groups in total. The van der Waals surface area contributed by atoms with Gasteiger partial charge in [0.1, 0.15) is 0 Å². The summed E-state index contributed by atoms with van der Waals surface area (Å²) < 4.78 is 0. The number of nitrogens with zero attached hydrogens (tertiary/aromatic N) is 1. The van der Waals surface area contributed by atoms with Gasteiger partial charge in [0.25, 0.3) is 0 Å². The summed E-state index contributed by atoms with van der Waals surface area (Å²) in [5.74, 6) is 0.814. The van der Waals surface area contributed by atoms with E-state index in [0.29, 0.717) is 10.7 Å². The zero-order valence-corrected chi connectivity index (χ0v) is 14.0. The van der Waals surface area contributed by atoms with Crippen LogP contribution in [0.1, 0.15) is 12.8 Å². The Kier molecular flexibility index (Phi) is 4.81. The largest absolute Gasteiger partial charge is 0.312 e. The summed E-state index contributed by atoms with van der Waals surface area (Å²) in [6.45, 7) is 1.06. The fourth-order valence-corrected chi connectivity index (χ4v) is 3.51. The van der Waals surface area contributed by atoms with E-state index in [1.807, 2.05) is 24.3 Å². The minimum atomic E-state index is 0.570.